The van der Waals surface area contributed by atoms with Gasteiger partial charge in [0.2, 0.25) is 0 Å². The molecular weight excluding hydrogens is 256 g/mol. The van der Waals surface area contributed by atoms with E-state index in [1.54, 1.807) is 12.1 Å². The second kappa shape index (κ2) is 5.75. The summed E-state index contributed by atoms with van der Waals surface area (Å²) in [6.07, 6.45) is 0.670. The van der Waals surface area contributed by atoms with Crippen molar-refractivity contribution < 1.29 is 4.92 Å². The fourth-order valence-electron chi connectivity index (χ4n) is 1.93. The topological polar surface area (TPSA) is 94.9 Å². The van der Waals surface area contributed by atoms with Crippen molar-refractivity contribution in [3.63, 3.8) is 0 Å². The van der Waals surface area contributed by atoms with E-state index in [0.29, 0.717) is 12.2 Å². The van der Waals surface area contributed by atoms with Gasteiger partial charge >= 0.3 is 0 Å². The molecule has 20 heavy (non-hydrogen) atoms. The number of hydrogen-bond acceptors (Lipinski definition) is 5. The van der Waals surface area contributed by atoms with Crippen molar-refractivity contribution in [1.82, 2.24) is 9.97 Å². The van der Waals surface area contributed by atoms with E-state index in [1.165, 1.54) is 12.1 Å². The SMILES string of the molecule is Cc1cc(CC(C)N)nc(-c2ccc([N+](=O)[O-])cc2)n1. The molecule has 1 unspecified atom stereocenters. The summed E-state index contributed by atoms with van der Waals surface area (Å²) in [4.78, 5) is 19.0. The van der Waals surface area contributed by atoms with Gasteiger partial charge in [0.05, 0.1) is 4.92 Å². The van der Waals surface area contributed by atoms with Gasteiger partial charge in [0.25, 0.3) is 5.69 Å². The van der Waals surface area contributed by atoms with Crippen LogP contribution < -0.4 is 5.73 Å². The van der Waals surface area contributed by atoms with Crippen LogP contribution in [0.4, 0.5) is 5.69 Å². The molecule has 0 amide bonds. The molecular formula is C14H16N4O2. The molecule has 0 saturated heterocycles. The summed E-state index contributed by atoms with van der Waals surface area (Å²) in [6, 6.07) is 8.14. The van der Waals surface area contributed by atoms with E-state index in [1.807, 2.05) is 19.9 Å². The van der Waals surface area contributed by atoms with Gasteiger partial charge in [-0.25, -0.2) is 9.97 Å². The van der Waals surface area contributed by atoms with Crippen molar-refractivity contribution in [2.75, 3.05) is 0 Å². The van der Waals surface area contributed by atoms with E-state index in [-0.39, 0.29) is 11.7 Å². The van der Waals surface area contributed by atoms with Gasteiger partial charge in [-0.3, -0.25) is 10.1 Å². The van der Waals surface area contributed by atoms with Crippen molar-refractivity contribution in [3.8, 4) is 11.4 Å². The Labute approximate surface area is 116 Å². The molecule has 0 fully saturated rings. The summed E-state index contributed by atoms with van der Waals surface area (Å²) in [5, 5.41) is 10.6. The van der Waals surface area contributed by atoms with Gasteiger partial charge in [-0.1, -0.05) is 0 Å². The third-order valence-electron chi connectivity index (χ3n) is 2.77. The van der Waals surface area contributed by atoms with Crippen LogP contribution in [0.5, 0.6) is 0 Å². The van der Waals surface area contributed by atoms with Gasteiger partial charge in [0.15, 0.2) is 5.82 Å². The summed E-state index contributed by atoms with van der Waals surface area (Å²) in [7, 11) is 0. The van der Waals surface area contributed by atoms with Crippen LogP contribution in [0.1, 0.15) is 18.3 Å². The molecule has 0 radical (unpaired) electrons. The maximum atomic E-state index is 10.6. The fourth-order valence-corrected chi connectivity index (χ4v) is 1.93. The van der Waals surface area contributed by atoms with E-state index in [2.05, 4.69) is 9.97 Å². The summed E-state index contributed by atoms with van der Waals surface area (Å²) >= 11 is 0. The number of nitrogens with two attached hydrogens (primary N) is 1. The normalized spacial score (nSPS) is 12.2. The van der Waals surface area contributed by atoms with E-state index in [9.17, 15) is 10.1 Å². The Bertz CT molecular complexity index is 624. The van der Waals surface area contributed by atoms with Crippen LogP contribution in [0.15, 0.2) is 30.3 Å². The predicted molar refractivity (Wildman–Crippen MR) is 76.2 cm³/mol. The van der Waals surface area contributed by atoms with Crippen LogP contribution in [0.2, 0.25) is 0 Å². The summed E-state index contributed by atoms with van der Waals surface area (Å²) < 4.78 is 0. The molecule has 1 heterocycles. The lowest BCUT2D eigenvalue weighted by atomic mass is 10.1. The second-order valence-electron chi connectivity index (χ2n) is 4.81. The lowest BCUT2D eigenvalue weighted by molar-refractivity contribution is -0.384. The molecule has 0 spiro atoms. The Kier molecular flexibility index (Phi) is 4.05. The number of benzene rings is 1. The molecule has 0 bridgehead atoms. The smallest absolute Gasteiger partial charge is 0.269 e. The molecule has 1 atom stereocenters. The zero-order valence-corrected chi connectivity index (χ0v) is 11.4. The molecule has 2 aromatic rings. The van der Waals surface area contributed by atoms with Gasteiger partial charge in [-0.15, -0.1) is 0 Å². The third-order valence-corrected chi connectivity index (χ3v) is 2.77. The number of aromatic nitrogens is 2. The Morgan fingerprint density at radius 3 is 2.50 bits per heavy atom. The van der Waals surface area contributed by atoms with Crippen LogP contribution in [0.25, 0.3) is 11.4 Å². The van der Waals surface area contributed by atoms with E-state index < -0.39 is 4.92 Å². The van der Waals surface area contributed by atoms with Crippen LogP contribution in [-0.4, -0.2) is 20.9 Å². The number of hydrogen-bond donors (Lipinski definition) is 1. The van der Waals surface area contributed by atoms with Gasteiger partial charge < -0.3 is 5.73 Å². The van der Waals surface area contributed by atoms with Crippen LogP contribution in [-0.2, 0) is 6.42 Å². The summed E-state index contributed by atoms with van der Waals surface area (Å²) in [6.45, 7) is 3.81. The first-order valence-corrected chi connectivity index (χ1v) is 6.30. The zero-order valence-electron chi connectivity index (χ0n) is 11.4. The highest BCUT2D eigenvalue weighted by atomic mass is 16.6. The molecule has 0 aliphatic heterocycles. The largest absolute Gasteiger partial charge is 0.328 e. The first kappa shape index (κ1) is 14.1. The van der Waals surface area contributed by atoms with Gasteiger partial charge in [0.1, 0.15) is 0 Å². The first-order chi connectivity index (χ1) is 9.45. The molecule has 0 aliphatic carbocycles. The lowest BCUT2D eigenvalue weighted by Gasteiger charge is -2.08. The van der Waals surface area contributed by atoms with E-state index in [0.717, 1.165) is 17.0 Å². The molecule has 0 aliphatic rings. The molecule has 1 aromatic heterocycles. The highest BCUT2D eigenvalue weighted by molar-refractivity contribution is 5.57. The minimum Gasteiger partial charge on any atom is -0.328 e. The molecule has 0 saturated carbocycles. The van der Waals surface area contributed by atoms with Gasteiger partial charge in [-0.2, -0.15) is 0 Å². The zero-order chi connectivity index (χ0) is 14.7. The van der Waals surface area contributed by atoms with E-state index in [4.69, 9.17) is 5.73 Å². The number of non-ortho nitro benzene ring substituents is 1. The number of aryl methyl sites for hydroxylation is 1. The molecule has 1 aromatic carbocycles. The first-order valence-electron chi connectivity index (χ1n) is 6.30. The van der Waals surface area contributed by atoms with Crippen molar-refractivity contribution in [2.24, 2.45) is 5.73 Å². The number of nitrogens with zero attached hydrogens (tertiary/aromatic N) is 3. The highest BCUT2D eigenvalue weighted by Crippen LogP contribution is 2.20. The molecule has 2 N–H and O–H groups in total. The van der Waals surface area contributed by atoms with Crippen LogP contribution in [0.3, 0.4) is 0 Å². The maximum Gasteiger partial charge on any atom is 0.269 e. The highest BCUT2D eigenvalue weighted by Gasteiger charge is 2.09. The Morgan fingerprint density at radius 1 is 1.30 bits per heavy atom. The Morgan fingerprint density at radius 2 is 1.95 bits per heavy atom. The number of nitro benzene ring substituents is 1. The molecule has 6 nitrogen and oxygen atoms in total. The predicted octanol–water partition coefficient (Wildman–Crippen LogP) is 2.25. The van der Waals surface area contributed by atoms with E-state index >= 15 is 0 Å². The lowest BCUT2D eigenvalue weighted by Crippen LogP contribution is -2.19. The van der Waals surface area contributed by atoms with Gasteiger partial charge in [-0.05, 0) is 32.0 Å². The minimum absolute atomic E-state index is 0.0222. The Balaban J connectivity index is 2.36. The average molecular weight is 272 g/mol. The number of rotatable bonds is 4. The molecule has 104 valence electrons. The van der Waals surface area contributed by atoms with Crippen molar-refractivity contribution in [3.05, 3.63) is 51.8 Å². The average Bonchev–Trinajstić information content (AvgIpc) is 2.37. The quantitative estimate of drug-likeness (QED) is 0.680. The fraction of sp³-hybridized carbons (Fsp3) is 0.286. The molecule has 2 rings (SSSR count). The monoisotopic (exact) mass is 272 g/mol. The van der Waals surface area contributed by atoms with Crippen molar-refractivity contribution in [2.45, 2.75) is 26.3 Å². The standard InChI is InChI=1S/C14H16N4O2/c1-9(15)7-12-8-10(2)16-14(17-12)11-3-5-13(6-4-11)18(19)20/h3-6,8-9H,7,15H2,1-2H3. The second-order valence-corrected chi connectivity index (χ2v) is 4.81. The van der Waals surface area contributed by atoms with Crippen molar-refractivity contribution in [1.29, 1.82) is 0 Å². The van der Waals surface area contributed by atoms with Crippen LogP contribution >= 0.6 is 0 Å². The number of nitro groups is 1. The summed E-state index contributed by atoms with van der Waals surface area (Å²) in [5.74, 6) is 0.565. The summed E-state index contributed by atoms with van der Waals surface area (Å²) in [5.41, 5.74) is 8.32. The van der Waals surface area contributed by atoms with Crippen LogP contribution in [0, 0.1) is 17.0 Å². The maximum absolute atomic E-state index is 10.6. The van der Waals surface area contributed by atoms with Crippen molar-refractivity contribution >= 4 is 5.69 Å². The van der Waals surface area contributed by atoms with Gasteiger partial charge in [0, 0.05) is 41.5 Å². The Hall–Kier alpha value is -2.34. The third kappa shape index (κ3) is 3.36. The minimum atomic E-state index is -0.428. The molecule has 6 heteroatoms.